The molecule has 15 heavy (non-hydrogen) atoms. The second kappa shape index (κ2) is 3.78. The molecule has 2 aliphatic carbocycles. The van der Waals surface area contributed by atoms with Gasteiger partial charge in [0.15, 0.2) is 0 Å². The van der Waals surface area contributed by atoms with Crippen LogP contribution in [0, 0.1) is 11.8 Å². The van der Waals surface area contributed by atoms with Gasteiger partial charge in [-0.25, -0.2) is 0 Å². The molecule has 2 saturated carbocycles. The molecule has 0 aromatic heterocycles. The lowest BCUT2D eigenvalue weighted by molar-refractivity contribution is -0.123. The first-order valence-corrected chi connectivity index (χ1v) is 6.38. The van der Waals surface area contributed by atoms with Crippen LogP contribution in [0.1, 0.15) is 38.5 Å². The van der Waals surface area contributed by atoms with Crippen LogP contribution in [0.4, 0.5) is 0 Å². The normalized spacial score (nSPS) is 30.9. The van der Waals surface area contributed by atoms with Crippen LogP contribution < -0.4 is 10.6 Å². The highest BCUT2D eigenvalue weighted by atomic mass is 16.2. The number of carbonyl (C=O) groups excluding carboxylic acids is 1. The molecule has 84 valence electrons. The molecule has 3 nitrogen and oxygen atoms in total. The van der Waals surface area contributed by atoms with Gasteiger partial charge in [-0.1, -0.05) is 0 Å². The van der Waals surface area contributed by atoms with Crippen LogP contribution in [0.25, 0.3) is 0 Å². The topological polar surface area (TPSA) is 41.1 Å². The molecule has 3 aliphatic rings. The largest absolute Gasteiger partial charge is 0.351 e. The van der Waals surface area contributed by atoms with Crippen molar-refractivity contribution in [2.75, 3.05) is 6.54 Å². The number of rotatable bonds is 4. The van der Waals surface area contributed by atoms with E-state index in [0.717, 1.165) is 31.2 Å². The van der Waals surface area contributed by atoms with E-state index in [1.807, 2.05) is 0 Å². The third-order valence-corrected chi connectivity index (χ3v) is 3.95. The highest BCUT2D eigenvalue weighted by molar-refractivity contribution is 5.82. The fourth-order valence-electron chi connectivity index (χ4n) is 2.70. The van der Waals surface area contributed by atoms with E-state index in [-0.39, 0.29) is 11.9 Å². The zero-order valence-corrected chi connectivity index (χ0v) is 9.17. The van der Waals surface area contributed by atoms with E-state index in [1.165, 1.54) is 25.7 Å². The number of hydrogen-bond donors (Lipinski definition) is 2. The summed E-state index contributed by atoms with van der Waals surface area (Å²) < 4.78 is 0. The van der Waals surface area contributed by atoms with Crippen molar-refractivity contribution >= 4 is 5.91 Å². The smallest absolute Gasteiger partial charge is 0.237 e. The summed E-state index contributed by atoms with van der Waals surface area (Å²) in [5.74, 6) is 1.88. The summed E-state index contributed by atoms with van der Waals surface area (Å²) >= 11 is 0. The average molecular weight is 208 g/mol. The molecule has 0 aromatic carbocycles. The lowest BCUT2D eigenvalue weighted by atomic mass is 10.1. The Hall–Kier alpha value is -0.570. The van der Waals surface area contributed by atoms with Crippen molar-refractivity contribution in [3.63, 3.8) is 0 Å². The summed E-state index contributed by atoms with van der Waals surface area (Å²) in [6.07, 6.45) is 7.50. The van der Waals surface area contributed by atoms with Gasteiger partial charge in [-0.05, 0) is 56.9 Å². The summed E-state index contributed by atoms with van der Waals surface area (Å²) in [7, 11) is 0. The van der Waals surface area contributed by atoms with Crippen molar-refractivity contribution < 1.29 is 4.79 Å². The van der Waals surface area contributed by atoms with E-state index in [4.69, 9.17) is 0 Å². The van der Waals surface area contributed by atoms with Gasteiger partial charge in [0.1, 0.15) is 0 Å². The predicted molar refractivity (Wildman–Crippen MR) is 58.4 cm³/mol. The standard InChI is InChI=1S/C12H20N2O/c15-12(10-2-1-7-13-10)14-11(8-3-4-8)9-5-6-9/h8-11,13H,1-7H2,(H,14,15)/t10-/m1/s1. The highest BCUT2D eigenvalue weighted by Gasteiger charge is 2.42. The molecule has 3 heteroatoms. The minimum absolute atomic E-state index is 0.102. The summed E-state index contributed by atoms with van der Waals surface area (Å²) in [5.41, 5.74) is 0. The third-order valence-electron chi connectivity index (χ3n) is 3.95. The van der Waals surface area contributed by atoms with Crippen LogP contribution in [-0.4, -0.2) is 24.5 Å². The molecule has 0 spiro atoms. The summed E-state index contributed by atoms with van der Waals surface area (Å²) in [5, 5.41) is 6.55. The maximum atomic E-state index is 11.9. The minimum atomic E-state index is 0.102. The minimum Gasteiger partial charge on any atom is -0.351 e. The first-order chi connectivity index (χ1) is 7.34. The summed E-state index contributed by atoms with van der Waals surface area (Å²) in [6, 6.07) is 0.616. The van der Waals surface area contributed by atoms with Gasteiger partial charge in [0, 0.05) is 6.04 Å². The Morgan fingerprint density at radius 2 is 1.80 bits per heavy atom. The maximum absolute atomic E-state index is 11.9. The highest BCUT2D eigenvalue weighted by Crippen LogP contribution is 2.44. The van der Waals surface area contributed by atoms with E-state index in [2.05, 4.69) is 10.6 Å². The number of amides is 1. The lowest BCUT2D eigenvalue weighted by Crippen LogP contribution is -2.46. The van der Waals surface area contributed by atoms with Gasteiger partial charge in [-0.15, -0.1) is 0 Å². The Balaban J connectivity index is 1.55. The van der Waals surface area contributed by atoms with E-state index in [9.17, 15) is 4.79 Å². The van der Waals surface area contributed by atoms with Crippen molar-refractivity contribution in [1.29, 1.82) is 0 Å². The Kier molecular flexibility index (Phi) is 2.43. The quantitative estimate of drug-likeness (QED) is 0.725. The Morgan fingerprint density at radius 1 is 1.13 bits per heavy atom. The van der Waals surface area contributed by atoms with Crippen molar-refractivity contribution in [2.24, 2.45) is 11.8 Å². The van der Waals surface area contributed by atoms with Crippen LogP contribution >= 0.6 is 0 Å². The van der Waals surface area contributed by atoms with Crippen LogP contribution in [0.2, 0.25) is 0 Å². The van der Waals surface area contributed by atoms with Gasteiger partial charge in [0.25, 0.3) is 0 Å². The molecule has 1 saturated heterocycles. The first kappa shape index (κ1) is 9.64. The van der Waals surface area contributed by atoms with E-state index in [1.54, 1.807) is 0 Å². The van der Waals surface area contributed by atoms with Crippen LogP contribution in [0.15, 0.2) is 0 Å². The van der Waals surface area contributed by atoms with Crippen molar-refractivity contribution in [1.82, 2.24) is 10.6 Å². The molecule has 1 amide bonds. The molecule has 1 atom stereocenters. The van der Waals surface area contributed by atoms with E-state index >= 15 is 0 Å². The van der Waals surface area contributed by atoms with E-state index in [0.29, 0.717) is 6.04 Å². The average Bonchev–Trinajstić information content (AvgIpc) is 3.15. The SMILES string of the molecule is O=C(NC(C1CC1)C1CC1)[C@H]1CCCN1. The fourth-order valence-corrected chi connectivity index (χ4v) is 2.70. The number of nitrogens with one attached hydrogen (secondary N) is 2. The molecule has 1 aliphatic heterocycles. The molecule has 1 heterocycles. The monoisotopic (exact) mass is 208 g/mol. The van der Waals surface area contributed by atoms with Gasteiger partial charge >= 0.3 is 0 Å². The van der Waals surface area contributed by atoms with Gasteiger partial charge in [-0.3, -0.25) is 4.79 Å². The number of carbonyl (C=O) groups is 1. The lowest BCUT2D eigenvalue weighted by Gasteiger charge is -2.20. The Bertz CT molecular complexity index is 240. The van der Waals surface area contributed by atoms with Gasteiger partial charge in [-0.2, -0.15) is 0 Å². The Labute approximate surface area is 91.0 Å². The molecule has 3 fully saturated rings. The van der Waals surface area contributed by atoms with E-state index < -0.39 is 0 Å². The van der Waals surface area contributed by atoms with Gasteiger partial charge in [0.2, 0.25) is 5.91 Å². The molecule has 0 bridgehead atoms. The zero-order valence-electron chi connectivity index (χ0n) is 9.17. The van der Waals surface area contributed by atoms with Crippen LogP contribution in [0.5, 0.6) is 0 Å². The first-order valence-electron chi connectivity index (χ1n) is 6.38. The van der Waals surface area contributed by atoms with Crippen molar-refractivity contribution in [2.45, 2.75) is 50.6 Å². The zero-order chi connectivity index (χ0) is 10.3. The van der Waals surface area contributed by atoms with Crippen LogP contribution in [0.3, 0.4) is 0 Å². The fraction of sp³-hybridized carbons (Fsp3) is 0.917. The number of hydrogen-bond acceptors (Lipinski definition) is 2. The van der Waals surface area contributed by atoms with Crippen LogP contribution in [-0.2, 0) is 4.79 Å². The maximum Gasteiger partial charge on any atom is 0.237 e. The van der Waals surface area contributed by atoms with Crippen molar-refractivity contribution in [3.05, 3.63) is 0 Å². The summed E-state index contributed by atoms with van der Waals surface area (Å²) in [4.78, 5) is 11.9. The molecule has 0 aromatic rings. The summed E-state index contributed by atoms with van der Waals surface area (Å²) in [6.45, 7) is 1.01. The predicted octanol–water partition coefficient (Wildman–Crippen LogP) is 1.04. The van der Waals surface area contributed by atoms with Crippen molar-refractivity contribution in [3.8, 4) is 0 Å². The third kappa shape index (κ3) is 2.17. The second-order valence-electron chi connectivity index (χ2n) is 5.36. The molecular formula is C12H20N2O. The second-order valence-corrected chi connectivity index (χ2v) is 5.36. The molecular weight excluding hydrogens is 188 g/mol. The molecule has 3 rings (SSSR count). The Morgan fingerprint density at radius 3 is 2.27 bits per heavy atom. The molecule has 2 N–H and O–H groups in total. The van der Waals surface area contributed by atoms with Gasteiger partial charge in [0.05, 0.1) is 6.04 Å². The molecule has 0 unspecified atom stereocenters. The molecule has 0 radical (unpaired) electrons. The van der Waals surface area contributed by atoms with Gasteiger partial charge < -0.3 is 10.6 Å².